The molecule has 1 heterocycles. The molecule has 0 radical (unpaired) electrons. The zero-order valence-electron chi connectivity index (χ0n) is 12.5. The fourth-order valence-corrected chi connectivity index (χ4v) is 1.84. The van der Waals surface area contributed by atoms with Crippen molar-refractivity contribution in [3.05, 3.63) is 42.0 Å². The number of hydrogen-bond donors (Lipinski definition) is 2. The van der Waals surface area contributed by atoms with Gasteiger partial charge in [-0.3, -0.25) is 20.2 Å². The highest BCUT2D eigenvalue weighted by Crippen LogP contribution is 2.13. The van der Waals surface area contributed by atoms with Crippen LogP contribution in [0.5, 0.6) is 0 Å². The molecule has 0 spiro atoms. The maximum atomic E-state index is 11.2. The van der Waals surface area contributed by atoms with E-state index in [1.165, 1.54) is 18.5 Å². The number of nitrogens with zero attached hydrogens (tertiary/aromatic N) is 3. The van der Waals surface area contributed by atoms with E-state index in [-0.39, 0.29) is 23.7 Å². The highest BCUT2D eigenvalue weighted by Gasteiger charge is 2.12. The van der Waals surface area contributed by atoms with Crippen LogP contribution in [-0.4, -0.2) is 26.6 Å². The molecule has 0 aliphatic heterocycles. The van der Waals surface area contributed by atoms with Gasteiger partial charge in [-0.15, -0.1) is 5.10 Å². The molecule has 0 atom stereocenters. The molecule has 1 aromatic carbocycles. The molecule has 0 fully saturated rings. The van der Waals surface area contributed by atoms with Gasteiger partial charge in [0.05, 0.1) is 6.54 Å². The SMILES string of the molecule is C=Cc1ccc(Cn2nc(NC(C)=O)nc2NC(C)=O)cc1. The average Bonchev–Trinajstić information content (AvgIpc) is 2.79. The lowest BCUT2D eigenvalue weighted by Crippen LogP contribution is -2.13. The number of carbonyl (C=O) groups excluding carboxylic acids is 2. The van der Waals surface area contributed by atoms with E-state index >= 15 is 0 Å². The summed E-state index contributed by atoms with van der Waals surface area (Å²) in [6.07, 6.45) is 1.76. The summed E-state index contributed by atoms with van der Waals surface area (Å²) >= 11 is 0. The minimum atomic E-state index is -0.276. The largest absolute Gasteiger partial charge is 0.295 e. The molecular weight excluding hydrogens is 282 g/mol. The Morgan fingerprint density at radius 1 is 1.18 bits per heavy atom. The Bertz CT molecular complexity index is 703. The average molecular weight is 299 g/mol. The fourth-order valence-electron chi connectivity index (χ4n) is 1.84. The van der Waals surface area contributed by atoms with Crippen molar-refractivity contribution in [1.29, 1.82) is 0 Å². The van der Waals surface area contributed by atoms with E-state index in [1.807, 2.05) is 24.3 Å². The maximum absolute atomic E-state index is 11.2. The van der Waals surface area contributed by atoms with Crippen LogP contribution < -0.4 is 10.6 Å². The fraction of sp³-hybridized carbons (Fsp3) is 0.200. The Morgan fingerprint density at radius 2 is 1.82 bits per heavy atom. The number of aromatic nitrogens is 3. The van der Waals surface area contributed by atoms with Gasteiger partial charge in [-0.05, 0) is 11.1 Å². The number of carbonyl (C=O) groups is 2. The van der Waals surface area contributed by atoms with Crippen LogP contribution in [0.1, 0.15) is 25.0 Å². The Balaban J connectivity index is 2.26. The van der Waals surface area contributed by atoms with Crippen LogP contribution >= 0.6 is 0 Å². The van der Waals surface area contributed by atoms with Crippen molar-refractivity contribution in [2.24, 2.45) is 0 Å². The summed E-state index contributed by atoms with van der Waals surface area (Å²) in [5.74, 6) is -0.102. The summed E-state index contributed by atoms with van der Waals surface area (Å²) < 4.78 is 1.52. The lowest BCUT2D eigenvalue weighted by Gasteiger charge is -2.06. The molecule has 0 saturated heterocycles. The Hall–Kier alpha value is -2.96. The van der Waals surface area contributed by atoms with E-state index in [9.17, 15) is 9.59 Å². The van der Waals surface area contributed by atoms with Gasteiger partial charge in [-0.25, -0.2) is 4.68 Å². The van der Waals surface area contributed by atoms with Crippen molar-refractivity contribution in [2.45, 2.75) is 20.4 Å². The first-order chi connectivity index (χ1) is 10.5. The molecule has 0 bridgehead atoms. The van der Waals surface area contributed by atoms with Gasteiger partial charge in [-0.2, -0.15) is 4.98 Å². The first-order valence-electron chi connectivity index (χ1n) is 6.69. The molecule has 0 aliphatic carbocycles. The maximum Gasteiger partial charge on any atom is 0.250 e. The van der Waals surface area contributed by atoms with Crippen molar-refractivity contribution in [2.75, 3.05) is 10.6 Å². The predicted octanol–water partition coefficient (Wildman–Crippen LogP) is 1.89. The van der Waals surface area contributed by atoms with Gasteiger partial charge in [0, 0.05) is 13.8 Å². The van der Waals surface area contributed by atoms with E-state index in [4.69, 9.17) is 0 Å². The van der Waals surface area contributed by atoms with Crippen LogP contribution in [0.3, 0.4) is 0 Å². The summed E-state index contributed by atoms with van der Waals surface area (Å²) in [5, 5.41) is 9.27. The van der Waals surface area contributed by atoms with Crippen LogP contribution in [0.2, 0.25) is 0 Å². The number of amides is 2. The molecule has 2 rings (SSSR count). The molecule has 114 valence electrons. The van der Waals surface area contributed by atoms with Gasteiger partial charge in [0.15, 0.2) is 0 Å². The number of anilines is 2. The molecule has 22 heavy (non-hydrogen) atoms. The minimum Gasteiger partial charge on any atom is -0.295 e. The first-order valence-corrected chi connectivity index (χ1v) is 6.69. The van der Waals surface area contributed by atoms with E-state index in [0.717, 1.165) is 11.1 Å². The molecule has 7 heteroatoms. The molecule has 1 aromatic heterocycles. The molecule has 0 unspecified atom stereocenters. The summed E-state index contributed by atoms with van der Waals surface area (Å²) in [5.41, 5.74) is 2.00. The van der Waals surface area contributed by atoms with Gasteiger partial charge in [-0.1, -0.05) is 36.9 Å². The van der Waals surface area contributed by atoms with Crippen molar-refractivity contribution in [3.8, 4) is 0 Å². The standard InChI is InChI=1S/C15H17N5O2/c1-4-12-5-7-13(8-6-12)9-20-15(17-11(3)22)18-14(19-20)16-10(2)21/h4-8H,1,9H2,2-3H3,(H2,16,17,18,19,21,22). The van der Waals surface area contributed by atoms with Gasteiger partial charge in [0.25, 0.3) is 5.95 Å². The molecule has 0 aliphatic rings. The number of nitrogens with one attached hydrogen (secondary N) is 2. The van der Waals surface area contributed by atoms with Crippen molar-refractivity contribution < 1.29 is 9.59 Å². The third-order valence-corrected chi connectivity index (χ3v) is 2.80. The number of rotatable bonds is 5. The molecular formula is C15H17N5O2. The third kappa shape index (κ3) is 4.02. The quantitative estimate of drug-likeness (QED) is 0.882. The van der Waals surface area contributed by atoms with E-state index in [2.05, 4.69) is 27.3 Å². The highest BCUT2D eigenvalue weighted by molar-refractivity contribution is 5.88. The second-order valence-electron chi connectivity index (χ2n) is 4.72. The van der Waals surface area contributed by atoms with E-state index < -0.39 is 0 Å². The van der Waals surface area contributed by atoms with Crippen LogP contribution in [0, 0.1) is 0 Å². The number of hydrogen-bond acceptors (Lipinski definition) is 4. The monoisotopic (exact) mass is 299 g/mol. The minimum absolute atomic E-state index is 0.152. The van der Waals surface area contributed by atoms with E-state index in [0.29, 0.717) is 6.54 Å². The van der Waals surface area contributed by atoms with Crippen LogP contribution in [-0.2, 0) is 16.1 Å². The van der Waals surface area contributed by atoms with Gasteiger partial charge >= 0.3 is 0 Å². The lowest BCUT2D eigenvalue weighted by molar-refractivity contribution is -0.115. The zero-order valence-corrected chi connectivity index (χ0v) is 12.5. The Morgan fingerprint density at radius 3 is 2.36 bits per heavy atom. The van der Waals surface area contributed by atoms with Gasteiger partial charge in [0.1, 0.15) is 0 Å². The topological polar surface area (TPSA) is 88.9 Å². The Labute approximate surface area is 128 Å². The summed E-state index contributed by atoms with van der Waals surface area (Å²) in [4.78, 5) is 26.4. The Kier molecular flexibility index (Phi) is 4.67. The summed E-state index contributed by atoms with van der Waals surface area (Å²) in [7, 11) is 0. The zero-order chi connectivity index (χ0) is 16.1. The van der Waals surface area contributed by atoms with Crippen molar-refractivity contribution in [3.63, 3.8) is 0 Å². The smallest absolute Gasteiger partial charge is 0.250 e. The molecule has 2 aromatic rings. The van der Waals surface area contributed by atoms with Crippen LogP contribution in [0.4, 0.5) is 11.9 Å². The van der Waals surface area contributed by atoms with Gasteiger partial charge in [0.2, 0.25) is 17.8 Å². The highest BCUT2D eigenvalue weighted by atomic mass is 16.2. The third-order valence-electron chi connectivity index (χ3n) is 2.80. The second kappa shape index (κ2) is 6.66. The van der Waals surface area contributed by atoms with Gasteiger partial charge < -0.3 is 0 Å². The summed E-state index contributed by atoms with van der Waals surface area (Å²) in [6, 6.07) is 7.75. The number of benzene rings is 1. The van der Waals surface area contributed by atoms with Crippen LogP contribution in [0.15, 0.2) is 30.8 Å². The molecule has 2 amide bonds. The molecule has 7 nitrogen and oxygen atoms in total. The molecule has 2 N–H and O–H groups in total. The van der Waals surface area contributed by atoms with Crippen molar-refractivity contribution >= 4 is 29.8 Å². The van der Waals surface area contributed by atoms with Crippen LogP contribution in [0.25, 0.3) is 6.08 Å². The molecule has 0 saturated carbocycles. The van der Waals surface area contributed by atoms with E-state index in [1.54, 1.807) is 6.08 Å². The lowest BCUT2D eigenvalue weighted by atomic mass is 10.1. The van der Waals surface area contributed by atoms with Crippen molar-refractivity contribution in [1.82, 2.24) is 14.8 Å². The normalized spacial score (nSPS) is 10.1. The first kappa shape index (κ1) is 15.4. The predicted molar refractivity (Wildman–Crippen MR) is 84.3 cm³/mol. The second-order valence-corrected chi connectivity index (χ2v) is 4.72. The summed E-state index contributed by atoms with van der Waals surface area (Å²) in [6.45, 7) is 6.88.